The number of hydrogen-bond donors (Lipinski definition) is 2. The molecular weight excluding hydrogens is 460 g/mol. The van der Waals surface area contributed by atoms with E-state index in [0.29, 0.717) is 28.8 Å². The number of halogens is 1. The van der Waals surface area contributed by atoms with Gasteiger partial charge in [0.1, 0.15) is 0 Å². The molecule has 0 atom stereocenters. The van der Waals surface area contributed by atoms with E-state index in [9.17, 15) is 4.79 Å². The molecule has 174 valence electrons. The van der Waals surface area contributed by atoms with Crippen molar-refractivity contribution in [2.24, 2.45) is 0 Å². The van der Waals surface area contributed by atoms with Gasteiger partial charge in [-0.25, -0.2) is 14.6 Å². The fraction of sp³-hybridized carbons (Fsp3) is 0.111. The van der Waals surface area contributed by atoms with E-state index in [1.54, 1.807) is 22.9 Å². The van der Waals surface area contributed by atoms with Crippen LogP contribution in [0.25, 0.3) is 16.9 Å². The Morgan fingerprint density at radius 3 is 2.29 bits per heavy atom. The lowest BCUT2D eigenvalue weighted by Crippen LogP contribution is -2.22. The van der Waals surface area contributed by atoms with Crippen LogP contribution in [0, 0.1) is 13.8 Å². The fourth-order valence-corrected chi connectivity index (χ4v) is 4.03. The monoisotopic (exact) mass is 482 g/mol. The van der Waals surface area contributed by atoms with Crippen LogP contribution in [0.1, 0.15) is 27.3 Å². The standard InChI is InChI=1S/C27H23ClN6O/c1-17-15-18(2)34(33-17)26-25(31-23-9-5-6-10-24(23)32-26)30-21-13-11-19(12-14-21)27(35)29-16-20-7-3-4-8-22(20)28/h3-15H,16H2,1-2H3,(H,29,35)(H,30,31). The summed E-state index contributed by atoms with van der Waals surface area (Å²) >= 11 is 6.18. The minimum absolute atomic E-state index is 0.176. The second-order valence-corrected chi connectivity index (χ2v) is 8.61. The van der Waals surface area contributed by atoms with E-state index in [1.807, 2.05) is 74.5 Å². The van der Waals surface area contributed by atoms with Gasteiger partial charge in [0.15, 0.2) is 11.6 Å². The molecule has 5 aromatic rings. The molecule has 2 heterocycles. The van der Waals surface area contributed by atoms with Crippen molar-refractivity contribution in [2.75, 3.05) is 5.32 Å². The number of hydrogen-bond acceptors (Lipinski definition) is 5. The Morgan fingerprint density at radius 1 is 0.914 bits per heavy atom. The van der Waals surface area contributed by atoms with Crippen molar-refractivity contribution >= 4 is 40.0 Å². The van der Waals surface area contributed by atoms with Crippen LogP contribution in [-0.4, -0.2) is 25.7 Å². The number of fused-ring (bicyclic) bond motifs is 1. The molecule has 0 saturated carbocycles. The Hall–Kier alpha value is -4.23. The van der Waals surface area contributed by atoms with Crippen molar-refractivity contribution in [3.8, 4) is 5.82 Å². The zero-order chi connectivity index (χ0) is 24.4. The van der Waals surface area contributed by atoms with E-state index >= 15 is 0 Å². The predicted molar refractivity (Wildman–Crippen MR) is 138 cm³/mol. The highest BCUT2D eigenvalue weighted by molar-refractivity contribution is 6.31. The first kappa shape index (κ1) is 22.6. The number of benzene rings is 3. The first-order valence-corrected chi connectivity index (χ1v) is 11.5. The van der Waals surface area contributed by atoms with Crippen molar-refractivity contribution < 1.29 is 4.79 Å². The number of anilines is 2. The summed E-state index contributed by atoms with van der Waals surface area (Å²) < 4.78 is 1.79. The first-order chi connectivity index (χ1) is 17.0. The first-order valence-electron chi connectivity index (χ1n) is 11.2. The second-order valence-electron chi connectivity index (χ2n) is 8.20. The number of nitrogens with zero attached hydrogens (tertiary/aromatic N) is 4. The molecule has 0 saturated heterocycles. The number of aryl methyl sites for hydroxylation is 2. The Labute approximate surface area is 207 Å². The van der Waals surface area contributed by atoms with Gasteiger partial charge in [0.05, 0.1) is 16.7 Å². The quantitative estimate of drug-likeness (QED) is 0.321. The molecule has 0 bridgehead atoms. The van der Waals surface area contributed by atoms with Gasteiger partial charge >= 0.3 is 0 Å². The third-order valence-electron chi connectivity index (χ3n) is 5.57. The summed E-state index contributed by atoms with van der Waals surface area (Å²) in [6, 6.07) is 24.4. The number of carbonyl (C=O) groups excluding carboxylic acids is 1. The summed E-state index contributed by atoms with van der Waals surface area (Å²) in [5.41, 5.74) is 5.61. The van der Waals surface area contributed by atoms with Gasteiger partial charge < -0.3 is 10.6 Å². The molecule has 0 unspecified atom stereocenters. The summed E-state index contributed by atoms with van der Waals surface area (Å²) in [7, 11) is 0. The van der Waals surface area contributed by atoms with Crippen LogP contribution in [0.15, 0.2) is 78.9 Å². The van der Waals surface area contributed by atoms with Crippen molar-refractivity contribution in [1.82, 2.24) is 25.1 Å². The van der Waals surface area contributed by atoms with Gasteiger partial charge in [0, 0.05) is 28.5 Å². The van der Waals surface area contributed by atoms with E-state index in [4.69, 9.17) is 21.6 Å². The van der Waals surface area contributed by atoms with Crippen molar-refractivity contribution in [3.63, 3.8) is 0 Å². The molecule has 1 amide bonds. The highest BCUT2D eigenvalue weighted by atomic mass is 35.5. The maximum absolute atomic E-state index is 12.6. The smallest absolute Gasteiger partial charge is 0.251 e. The maximum Gasteiger partial charge on any atom is 0.251 e. The zero-order valence-electron chi connectivity index (χ0n) is 19.3. The second kappa shape index (κ2) is 9.56. The number of para-hydroxylation sites is 2. The Balaban J connectivity index is 1.39. The van der Waals surface area contributed by atoms with Gasteiger partial charge in [-0.05, 0) is 67.9 Å². The van der Waals surface area contributed by atoms with Crippen LogP contribution in [-0.2, 0) is 6.54 Å². The Kier molecular flexibility index (Phi) is 6.16. The minimum atomic E-state index is -0.176. The van der Waals surface area contributed by atoms with Gasteiger partial charge in [-0.1, -0.05) is 41.9 Å². The number of amides is 1. The molecule has 2 aromatic heterocycles. The minimum Gasteiger partial charge on any atom is -0.348 e. The summed E-state index contributed by atoms with van der Waals surface area (Å²) in [6.07, 6.45) is 0. The topological polar surface area (TPSA) is 84.7 Å². The molecule has 0 fully saturated rings. The molecule has 0 aliphatic carbocycles. The molecule has 3 aromatic carbocycles. The van der Waals surface area contributed by atoms with E-state index in [0.717, 1.165) is 33.7 Å². The lowest BCUT2D eigenvalue weighted by atomic mass is 10.1. The van der Waals surface area contributed by atoms with E-state index < -0.39 is 0 Å². The van der Waals surface area contributed by atoms with Gasteiger partial charge in [0.25, 0.3) is 5.91 Å². The summed E-state index contributed by atoms with van der Waals surface area (Å²) in [4.78, 5) is 22.2. The van der Waals surface area contributed by atoms with Crippen LogP contribution in [0.4, 0.5) is 11.5 Å². The number of nitrogens with one attached hydrogen (secondary N) is 2. The largest absolute Gasteiger partial charge is 0.348 e. The summed E-state index contributed by atoms with van der Waals surface area (Å²) in [5.74, 6) is 1.01. The van der Waals surface area contributed by atoms with E-state index in [2.05, 4.69) is 15.7 Å². The van der Waals surface area contributed by atoms with E-state index in [-0.39, 0.29) is 5.91 Å². The molecule has 0 aliphatic rings. The van der Waals surface area contributed by atoms with Crippen LogP contribution in [0.3, 0.4) is 0 Å². The highest BCUT2D eigenvalue weighted by Crippen LogP contribution is 2.25. The maximum atomic E-state index is 12.6. The lowest BCUT2D eigenvalue weighted by Gasteiger charge is -2.13. The molecule has 2 N–H and O–H groups in total. The summed E-state index contributed by atoms with van der Waals surface area (Å²) in [5, 5.41) is 11.5. The van der Waals surface area contributed by atoms with E-state index in [1.165, 1.54) is 0 Å². The van der Waals surface area contributed by atoms with Crippen molar-refractivity contribution in [3.05, 3.63) is 106 Å². The van der Waals surface area contributed by atoms with Gasteiger partial charge in [-0.2, -0.15) is 5.10 Å². The molecule has 5 rings (SSSR count). The Bertz CT molecular complexity index is 1530. The average Bonchev–Trinajstić information content (AvgIpc) is 3.21. The SMILES string of the molecule is Cc1cc(C)n(-c2nc3ccccc3nc2Nc2ccc(C(=O)NCc3ccccc3Cl)cc2)n1. The molecule has 0 radical (unpaired) electrons. The van der Waals surface area contributed by atoms with Crippen LogP contribution in [0.5, 0.6) is 0 Å². The van der Waals surface area contributed by atoms with Crippen molar-refractivity contribution in [2.45, 2.75) is 20.4 Å². The third kappa shape index (κ3) is 4.85. The number of aromatic nitrogens is 4. The van der Waals surface area contributed by atoms with Crippen LogP contribution in [0.2, 0.25) is 5.02 Å². The van der Waals surface area contributed by atoms with Gasteiger partial charge in [-0.3, -0.25) is 4.79 Å². The number of carbonyl (C=O) groups is 1. The molecular formula is C27H23ClN6O. The van der Waals surface area contributed by atoms with Gasteiger partial charge in [-0.15, -0.1) is 0 Å². The predicted octanol–water partition coefficient (Wildman–Crippen LogP) is 5.76. The fourth-order valence-electron chi connectivity index (χ4n) is 3.83. The lowest BCUT2D eigenvalue weighted by molar-refractivity contribution is 0.0951. The number of rotatable bonds is 6. The molecule has 0 aliphatic heterocycles. The molecule has 8 heteroatoms. The average molecular weight is 483 g/mol. The molecule has 0 spiro atoms. The molecule has 7 nitrogen and oxygen atoms in total. The molecule has 35 heavy (non-hydrogen) atoms. The van der Waals surface area contributed by atoms with Crippen LogP contribution < -0.4 is 10.6 Å². The highest BCUT2D eigenvalue weighted by Gasteiger charge is 2.15. The van der Waals surface area contributed by atoms with Gasteiger partial charge in [0.2, 0.25) is 0 Å². The summed E-state index contributed by atoms with van der Waals surface area (Å²) in [6.45, 7) is 4.29. The Morgan fingerprint density at radius 2 is 1.60 bits per heavy atom. The van der Waals surface area contributed by atoms with Crippen molar-refractivity contribution in [1.29, 1.82) is 0 Å². The third-order valence-corrected chi connectivity index (χ3v) is 5.94. The van der Waals surface area contributed by atoms with Crippen LogP contribution >= 0.6 is 11.6 Å². The normalized spacial score (nSPS) is 10.9. The zero-order valence-corrected chi connectivity index (χ0v) is 20.0.